The maximum Gasteiger partial charge on any atom is 0.332 e. The zero-order valence-electron chi connectivity index (χ0n) is 16.7. The van der Waals surface area contributed by atoms with Gasteiger partial charge >= 0.3 is 5.69 Å². The normalized spacial score (nSPS) is 21.2. The van der Waals surface area contributed by atoms with Crippen LogP contribution in [-0.2, 0) is 24.4 Å². The molecule has 0 aliphatic carbocycles. The first-order chi connectivity index (χ1) is 13.5. The van der Waals surface area contributed by atoms with Crippen molar-refractivity contribution in [2.45, 2.75) is 52.4 Å². The van der Waals surface area contributed by atoms with E-state index >= 15 is 0 Å². The Bertz CT molecular complexity index is 1030. The molecule has 0 aromatic carbocycles. The molecular weight excluding hydrogens is 378 g/mol. The van der Waals surface area contributed by atoms with E-state index in [9.17, 15) is 9.59 Å². The van der Waals surface area contributed by atoms with Crippen molar-refractivity contribution in [1.82, 2.24) is 19.4 Å². The van der Waals surface area contributed by atoms with E-state index < -0.39 is 0 Å². The molecule has 0 amide bonds. The van der Waals surface area contributed by atoms with Gasteiger partial charge in [-0.3, -0.25) is 18.9 Å². The van der Waals surface area contributed by atoms with Crippen molar-refractivity contribution in [3.8, 4) is 0 Å². The Hall–Kier alpha value is -2.13. The van der Waals surface area contributed by atoms with Gasteiger partial charge < -0.3 is 15.0 Å². The van der Waals surface area contributed by atoms with Crippen LogP contribution in [0.25, 0.3) is 10.2 Å². The zero-order chi connectivity index (χ0) is 19.8. The molecule has 2 aliphatic rings. The summed E-state index contributed by atoms with van der Waals surface area (Å²) in [5.41, 5.74) is 0.549. The van der Waals surface area contributed by atoms with Crippen LogP contribution in [0.5, 0.6) is 0 Å². The van der Waals surface area contributed by atoms with Gasteiger partial charge in [-0.25, -0.2) is 4.79 Å². The number of aromatic nitrogens is 2. The van der Waals surface area contributed by atoms with Crippen molar-refractivity contribution in [2.24, 2.45) is 4.99 Å². The first kappa shape index (κ1) is 19.2. The van der Waals surface area contributed by atoms with E-state index in [1.165, 1.54) is 4.57 Å². The van der Waals surface area contributed by atoms with Gasteiger partial charge in [0.2, 0.25) is 0 Å². The number of aryl methyl sites for hydroxylation is 1. The van der Waals surface area contributed by atoms with E-state index in [1.54, 1.807) is 23.0 Å². The van der Waals surface area contributed by atoms with Crippen molar-refractivity contribution in [3.05, 3.63) is 31.3 Å². The van der Waals surface area contributed by atoms with Crippen molar-refractivity contribution in [3.63, 3.8) is 0 Å². The summed E-state index contributed by atoms with van der Waals surface area (Å²) >= 11 is 1.55. The van der Waals surface area contributed by atoms with Gasteiger partial charge in [0.1, 0.15) is 4.83 Å². The number of thiophene rings is 1. The molecule has 28 heavy (non-hydrogen) atoms. The third kappa shape index (κ3) is 3.16. The summed E-state index contributed by atoms with van der Waals surface area (Å²) in [4.78, 5) is 34.4. The average molecular weight is 406 g/mol. The van der Waals surface area contributed by atoms with E-state index in [4.69, 9.17) is 4.74 Å². The Morgan fingerprint density at radius 2 is 2.14 bits per heavy atom. The van der Waals surface area contributed by atoms with Crippen molar-refractivity contribution in [1.29, 1.82) is 0 Å². The summed E-state index contributed by atoms with van der Waals surface area (Å²) in [5.74, 6) is 0.875. The van der Waals surface area contributed by atoms with E-state index in [2.05, 4.69) is 15.2 Å². The summed E-state index contributed by atoms with van der Waals surface area (Å²) < 4.78 is 8.87. The summed E-state index contributed by atoms with van der Waals surface area (Å²) in [5, 5.41) is 3.94. The van der Waals surface area contributed by atoms with E-state index in [-0.39, 0.29) is 17.4 Å². The summed E-state index contributed by atoms with van der Waals surface area (Å²) in [6.07, 6.45) is 2.01. The molecule has 0 radical (unpaired) electrons. The summed E-state index contributed by atoms with van der Waals surface area (Å²) in [6, 6.07) is 0. The highest BCUT2D eigenvalue weighted by atomic mass is 32.1. The fraction of sp³-hybridized carbons (Fsp3) is 0.632. The second-order valence-electron chi connectivity index (χ2n) is 7.30. The van der Waals surface area contributed by atoms with Crippen LogP contribution in [0.3, 0.4) is 0 Å². The lowest BCUT2D eigenvalue weighted by molar-refractivity contribution is 0.0966. The fourth-order valence-electron chi connectivity index (χ4n) is 4.09. The molecule has 4 rings (SSSR count). The number of fused-ring (bicyclic) bond motifs is 1. The standard InChI is InChI=1S/C19H27N5O3S/c1-4-23-16(25)15-12(2)14(11-22-8-7-21-18(22)20-3)28-17(15)24(19(23)26)10-13-6-5-9-27-13/h13H,4-11H2,1-3H3,(H,20,21). The highest BCUT2D eigenvalue weighted by Gasteiger charge is 2.25. The number of nitrogens with zero attached hydrogens (tertiary/aromatic N) is 4. The highest BCUT2D eigenvalue weighted by Crippen LogP contribution is 2.30. The molecule has 1 N–H and O–H groups in total. The van der Waals surface area contributed by atoms with Gasteiger partial charge in [-0.1, -0.05) is 0 Å². The number of hydrogen-bond acceptors (Lipinski definition) is 5. The van der Waals surface area contributed by atoms with Crippen LogP contribution in [0.4, 0.5) is 0 Å². The van der Waals surface area contributed by atoms with Crippen LogP contribution in [0, 0.1) is 6.92 Å². The second kappa shape index (κ2) is 7.71. The van der Waals surface area contributed by atoms with Crippen molar-refractivity contribution < 1.29 is 4.74 Å². The molecule has 0 spiro atoms. The van der Waals surface area contributed by atoms with Crippen LogP contribution in [0.15, 0.2) is 14.6 Å². The van der Waals surface area contributed by atoms with Gasteiger partial charge in [0.05, 0.1) is 24.6 Å². The fourth-order valence-corrected chi connectivity index (χ4v) is 5.41. The molecule has 0 bridgehead atoms. The SMILES string of the molecule is CCn1c(=O)c2c(C)c(CN3CCN/C3=N\C)sc2n(CC2CCCO2)c1=O. The molecule has 0 saturated carbocycles. The van der Waals surface area contributed by atoms with Gasteiger partial charge in [-0.2, -0.15) is 0 Å². The zero-order valence-corrected chi connectivity index (χ0v) is 17.5. The third-order valence-corrected chi connectivity index (χ3v) is 6.93. The Kier molecular flexibility index (Phi) is 5.29. The van der Waals surface area contributed by atoms with E-state index in [0.717, 1.165) is 53.8 Å². The number of ether oxygens (including phenoxy) is 1. The lowest BCUT2D eigenvalue weighted by atomic mass is 10.2. The van der Waals surface area contributed by atoms with E-state index in [1.807, 2.05) is 13.8 Å². The Labute approximate surface area is 167 Å². The summed E-state index contributed by atoms with van der Waals surface area (Å²) in [6.45, 7) is 7.87. The molecule has 1 atom stereocenters. The molecule has 2 aromatic rings. The largest absolute Gasteiger partial charge is 0.376 e. The number of guanidine groups is 1. The van der Waals surface area contributed by atoms with Crippen LogP contribution in [0.1, 0.15) is 30.2 Å². The monoisotopic (exact) mass is 405 g/mol. The minimum atomic E-state index is -0.234. The Morgan fingerprint density at radius 3 is 2.82 bits per heavy atom. The average Bonchev–Trinajstić information content (AvgIpc) is 3.41. The third-order valence-electron chi connectivity index (χ3n) is 5.63. The van der Waals surface area contributed by atoms with Crippen LogP contribution >= 0.6 is 11.3 Å². The first-order valence-electron chi connectivity index (χ1n) is 9.88. The molecule has 8 nitrogen and oxygen atoms in total. The molecule has 152 valence electrons. The highest BCUT2D eigenvalue weighted by molar-refractivity contribution is 7.18. The van der Waals surface area contributed by atoms with Crippen LogP contribution < -0.4 is 16.6 Å². The molecule has 9 heteroatoms. The molecule has 2 saturated heterocycles. The summed E-state index contributed by atoms with van der Waals surface area (Å²) in [7, 11) is 1.78. The maximum absolute atomic E-state index is 13.0. The number of nitrogens with one attached hydrogen (secondary N) is 1. The number of aliphatic imine (C=N–C) groups is 1. The van der Waals surface area contributed by atoms with Crippen molar-refractivity contribution in [2.75, 3.05) is 26.7 Å². The first-order valence-corrected chi connectivity index (χ1v) is 10.7. The van der Waals surface area contributed by atoms with Gasteiger partial charge in [-0.05, 0) is 32.3 Å². The molecule has 1 unspecified atom stereocenters. The van der Waals surface area contributed by atoms with Crippen LogP contribution in [-0.4, -0.2) is 52.8 Å². The minimum absolute atomic E-state index is 0.0381. The van der Waals surface area contributed by atoms with Gasteiger partial charge in [0, 0.05) is 38.2 Å². The molecule has 2 fully saturated rings. The Morgan fingerprint density at radius 1 is 1.32 bits per heavy atom. The molecule has 2 aromatic heterocycles. The quantitative estimate of drug-likeness (QED) is 0.806. The number of hydrogen-bond donors (Lipinski definition) is 1. The van der Waals surface area contributed by atoms with Gasteiger partial charge in [-0.15, -0.1) is 11.3 Å². The lowest BCUT2D eigenvalue weighted by Gasteiger charge is -2.16. The van der Waals surface area contributed by atoms with Gasteiger partial charge in [0.25, 0.3) is 5.56 Å². The van der Waals surface area contributed by atoms with Gasteiger partial charge in [0.15, 0.2) is 5.96 Å². The minimum Gasteiger partial charge on any atom is -0.376 e. The smallest absolute Gasteiger partial charge is 0.332 e. The number of rotatable bonds is 5. The van der Waals surface area contributed by atoms with Crippen molar-refractivity contribution >= 4 is 27.5 Å². The van der Waals surface area contributed by atoms with Crippen LogP contribution in [0.2, 0.25) is 0 Å². The Balaban J connectivity index is 1.83. The molecule has 2 aliphatic heterocycles. The second-order valence-corrected chi connectivity index (χ2v) is 8.39. The molecule has 4 heterocycles. The van der Waals surface area contributed by atoms with E-state index in [0.29, 0.717) is 25.0 Å². The topological polar surface area (TPSA) is 80.9 Å². The predicted octanol–water partition coefficient (Wildman–Crippen LogP) is 1.12. The lowest BCUT2D eigenvalue weighted by Crippen LogP contribution is -2.40. The maximum atomic E-state index is 13.0. The molecular formula is C19H27N5O3S. The predicted molar refractivity (Wildman–Crippen MR) is 112 cm³/mol.